The van der Waals surface area contributed by atoms with Gasteiger partial charge in [-0.3, -0.25) is 0 Å². The van der Waals surface area contributed by atoms with Gasteiger partial charge in [0, 0.05) is 5.92 Å². The van der Waals surface area contributed by atoms with Crippen molar-refractivity contribution >= 4 is 0 Å². The van der Waals surface area contributed by atoms with E-state index in [-0.39, 0.29) is 12.0 Å². The summed E-state index contributed by atoms with van der Waals surface area (Å²) >= 11 is 0. The molecule has 82 valence electrons. The van der Waals surface area contributed by atoms with Crippen LogP contribution in [0.2, 0.25) is 0 Å². The lowest BCUT2D eigenvalue weighted by Gasteiger charge is -2.29. The molecule has 2 atom stereocenters. The Hall–Kier alpha value is -1.02. The third-order valence-electron chi connectivity index (χ3n) is 3.05. The molecule has 0 spiro atoms. The summed E-state index contributed by atoms with van der Waals surface area (Å²) in [7, 11) is 0. The molecule has 0 radical (unpaired) electrons. The normalized spacial score (nSPS) is 21.6. The second-order valence-electron chi connectivity index (χ2n) is 4.14. The van der Waals surface area contributed by atoms with Crippen LogP contribution < -0.4 is 4.74 Å². The van der Waals surface area contributed by atoms with Crippen LogP contribution in [-0.4, -0.2) is 17.8 Å². The van der Waals surface area contributed by atoms with Gasteiger partial charge in [0.25, 0.3) is 0 Å². The van der Waals surface area contributed by atoms with E-state index in [0.29, 0.717) is 0 Å². The number of benzene rings is 1. The molecule has 2 heteroatoms. The molecule has 0 aromatic heterocycles. The zero-order valence-electron chi connectivity index (χ0n) is 9.15. The molecule has 0 bridgehead atoms. The fourth-order valence-corrected chi connectivity index (χ4v) is 2.27. The highest BCUT2D eigenvalue weighted by Crippen LogP contribution is 2.36. The van der Waals surface area contributed by atoms with Crippen molar-refractivity contribution in [2.75, 3.05) is 6.61 Å². The molecule has 1 N–H and O–H groups in total. The Bertz CT molecular complexity index is 322. The Morgan fingerprint density at radius 1 is 1.47 bits per heavy atom. The first kappa shape index (κ1) is 10.5. The maximum Gasteiger partial charge on any atom is 0.122 e. The molecule has 0 saturated heterocycles. The number of fused-ring (bicyclic) bond motifs is 1. The van der Waals surface area contributed by atoms with Crippen molar-refractivity contribution in [3.05, 3.63) is 29.8 Å². The molecule has 1 aliphatic heterocycles. The van der Waals surface area contributed by atoms with E-state index >= 15 is 0 Å². The molecule has 1 aromatic carbocycles. The van der Waals surface area contributed by atoms with Gasteiger partial charge in [-0.2, -0.15) is 0 Å². The molecule has 0 amide bonds. The fourth-order valence-electron chi connectivity index (χ4n) is 2.27. The lowest BCUT2D eigenvalue weighted by Crippen LogP contribution is -2.24. The van der Waals surface area contributed by atoms with E-state index in [1.54, 1.807) is 0 Å². The average Bonchev–Trinajstić information content (AvgIpc) is 2.28. The van der Waals surface area contributed by atoms with E-state index in [1.165, 1.54) is 5.56 Å². The summed E-state index contributed by atoms with van der Waals surface area (Å²) in [5, 5.41) is 10.1. The van der Waals surface area contributed by atoms with Crippen molar-refractivity contribution in [2.24, 2.45) is 0 Å². The lowest BCUT2D eigenvalue weighted by atomic mass is 9.86. The highest BCUT2D eigenvalue weighted by atomic mass is 16.5. The molecule has 2 nitrogen and oxygen atoms in total. The summed E-state index contributed by atoms with van der Waals surface area (Å²) in [5.74, 6) is 1.21. The van der Waals surface area contributed by atoms with Crippen molar-refractivity contribution in [2.45, 2.75) is 38.2 Å². The van der Waals surface area contributed by atoms with E-state index < -0.39 is 0 Å². The van der Waals surface area contributed by atoms with Crippen LogP contribution in [0.3, 0.4) is 0 Å². The molecule has 2 rings (SSSR count). The van der Waals surface area contributed by atoms with Gasteiger partial charge in [-0.25, -0.2) is 0 Å². The zero-order chi connectivity index (χ0) is 10.7. The van der Waals surface area contributed by atoms with Crippen LogP contribution in [0, 0.1) is 0 Å². The first-order chi connectivity index (χ1) is 7.33. The predicted octanol–water partition coefficient (Wildman–Crippen LogP) is 2.71. The van der Waals surface area contributed by atoms with Gasteiger partial charge in [-0.05, 0) is 24.5 Å². The van der Waals surface area contributed by atoms with Gasteiger partial charge in [0.05, 0.1) is 12.7 Å². The second kappa shape index (κ2) is 4.67. The minimum atomic E-state index is -0.222. The van der Waals surface area contributed by atoms with Gasteiger partial charge >= 0.3 is 0 Å². The zero-order valence-corrected chi connectivity index (χ0v) is 9.15. The van der Waals surface area contributed by atoms with Crippen LogP contribution in [-0.2, 0) is 0 Å². The highest BCUT2D eigenvalue weighted by molar-refractivity contribution is 5.38. The summed E-state index contributed by atoms with van der Waals surface area (Å²) in [6.07, 6.45) is 2.61. The van der Waals surface area contributed by atoms with Crippen molar-refractivity contribution in [1.82, 2.24) is 0 Å². The summed E-state index contributed by atoms with van der Waals surface area (Å²) < 4.78 is 5.57. The smallest absolute Gasteiger partial charge is 0.122 e. The van der Waals surface area contributed by atoms with Crippen LogP contribution in [0.4, 0.5) is 0 Å². The topological polar surface area (TPSA) is 29.5 Å². The quantitative estimate of drug-likeness (QED) is 0.824. The van der Waals surface area contributed by atoms with Crippen LogP contribution in [0.1, 0.15) is 37.7 Å². The molecule has 1 heterocycles. The lowest BCUT2D eigenvalue weighted by molar-refractivity contribution is 0.108. The van der Waals surface area contributed by atoms with Gasteiger partial charge in [-0.15, -0.1) is 0 Å². The van der Waals surface area contributed by atoms with Gasteiger partial charge in [0.1, 0.15) is 5.75 Å². The third-order valence-corrected chi connectivity index (χ3v) is 3.05. The molecule has 1 aliphatic rings. The van der Waals surface area contributed by atoms with Gasteiger partial charge < -0.3 is 9.84 Å². The molecular weight excluding hydrogens is 188 g/mol. The number of para-hydroxylation sites is 1. The third kappa shape index (κ3) is 2.15. The van der Waals surface area contributed by atoms with E-state index in [0.717, 1.165) is 31.6 Å². The van der Waals surface area contributed by atoms with Gasteiger partial charge in [-0.1, -0.05) is 31.5 Å². The van der Waals surface area contributed by atoms with E-state index in [2.05, 4.69) is 13.0 Å². The molecule has 1 unspecified atom stereocenters. The number of aliphatic hydroxyl groups is 1. The molecule has 0 fully saturated rings. The fraction of sp³-hybridized carbons (Fsp3) is 0.538. The number of ether oxygens (including phenoxy) is 1. The Morgan fingerprint density at radius 2 is 2.27 bits per heavy atom. The van der Waals surface area contributed by atoms with Gasteiger partial charge in [0.2, 0.25) is 0 Å². The summed E-state index contributed by atoms with van der Waals surface area (Å²) in [6, 6.07) is 8.05. The maximum atomic E-state index is 10.1. The van der Waals surface area contributed by atoms with Crippen molar-refractivity contribution in [3.8, 4) is 5.75 Å². The molecule has 1 aromatic rings. The van der Waals surface area contributed by atoms with E-state index in [1.807, 2.05) is 18.2 Å². The second-order valence-corrected chi connectivity index (χ2v) is 4.14. The standard InChI is InChI=1S/C13H18O2/c1-2-5-12(14)10-8-9-15-13-7-4-3-6-11(10)13/h3-4,6-7,10,12,14H,2,5,8-9H2,1H3/t10?,12-/m0/s1. The van der Waals surface area contributed by atoms with Crippen LogP contribution in [0.15, 0.2) is 24.3 Å². The number of rotatable bonds is 3. The van der Waals surface area contributed by atoms with Crippen molar-refractivity contribution < 1.29 is 9.84 Å². The van der Waals surface area contributed by atoms with E-state index in [9.17, 15) is 5.11 Å². The first-order valence-corrected chi connectivity index (χ1v) is 5.72. The minimum Gasteiger partial charge on any atom is -0.493 e. The largest absolute Gasteiger partial charge is 0.493 e. The van der Waals surface area contributed by atoms with Crippen molar-refractivity contribution in [3.63, 3.8) is 0 Å². The molecule has 0 saturated carbocycles. The Labute approximate surface area is 90.9 Å². The summed E-state index contributed by atoms with van der Waals surface area (Å²) in [6.45, 7) is 2.83. The van der Waals surface area contributed by atoms with Crippen molar-refractivity contribution in [1.29, 1.82) is 0 Å². The highest BCUT2D eigenvalue weighted by Gasteiger charge is 2.26. The number of hydrogen-bond acceptors (Lipinski definition) is 2. The Kier molecular flexibility index (Phi) is 3.27. The average molecular weight is 206 g/mol. The summed E-state index contributed by atoms with van der Waals surface area (Å²) in [4.78, 5) is 0. The minimum absolute atomic E-state index is 0.222. The first-order valence-electron chi connectivity index (χ1n) is 5.72. The van der Waals surface area contributed by atoms with Crippen LogP contribution in [0.5, 0.6) is 5.75 Å². The monoisotopic (exact) mass is 206 g/mol. The van der Waals surface area contributed by atoms with Crippen LogP contribution in [0.25, 0.3) is 0 Å². The molecule has 0 aliphatic carbocycles. The van der Waals surface area contributed by atoms with E-state index in [4.69, 9.17) is 4.74 Å². The SMILES string of the molecule is CCC[C@H](O)C1CCOc2ccccc21. The Balaban J connectivity index is 2.21. The van der Waals surface area contributed by atoms with Crippen LogP contribution >= 0.6 is 0 Å². The number of hydrogen-bond donors (Lipinski definition) is 1. The summed E-state index contributed by atoms with van der Waals surface area (Å²) in [5.41, 5.74) is 1.17. The Morgan fingerprint density at radius 3 is 3.07 bits per heavy atom. The number of aliphatic hydroxyl groups excluding tert-OH is 1. The van der Waals surface area contributed by atoms with Gasteiger partial charge in [0.15, 0.2) is 0 Å². The maximum absolute atomic E-state index is 10.1. The molecule has 15 heavy (non-hydrogen) atoms. The predicted molar refractivity (Wildman–Crippen MR) is 60.2 cm³/mol. The molecular formula is C13H18O2.